The Kier molecular flexibility index (Phi) is 8.14. The predicted octanol–water partition coefficient (Wildman–Crippen LogP) is 4.25. The molecule has 0 amide bonds. The minimum absolute atomic E-state index is 0. The zero-order valence-corrected chi connectivity index (χ0v) is 16.0. The van der Waals surface area contributed by atoms with E-state index in [1.54, 1.807) is 11.3 Å². The highest BCUT2D eigenvalue weighted by atomic mass is 35.5. The Morgan fingerprint density at radius 2 is 1.96 bits per heavy atom. The quantitative estimate of drug-likeness (QED) is 0.815. The van der Waals surface area contributed by atoms with Crippen molar-refractivity contribution in [2.24, 2.45) is 0 Å². The molecule has 1 saturated heterocycles. The van der Waals surface area contributed by atoms with Gasteiger partial charge in [0.25, 0.3) is 0 Å². The van der Waals surface area contributed by atoms with E-state index in [4.69, 9.17) is 11.6 Å². The maximum Gasteiger partial charge on any atom is 0.123 e. The Labute approximate surface area is 158 Å². The van der Waals surface area contributed by atoms with Crippen molar-refractivity contribution in [3.63, 3.8) is 0 Å². The normalized spacial score (nSPS) is 16.3. The molecule has 3 nitrogen and oxygen atoms in total. The average Bonchev–Trinajstić information content (AvgIpc) is 2.99. The summed E-state index contributed by atoms with van der Waals surface area (Å²) in [5, 5.41) is 16.7. The summed E-state index contributed by atoms with van der Waals surface area (Å²) in [5.41, 5.74) is 1.73. The second-order valence-electron chi connectivity index (χ2n) is 5.36. The molecule has 0 radical (unpaired) electrons. The van der Waals surface area contributed by atoms with Crippen LogP contribution in [0.1, 0.15) is 22.0 Å². The summed E-state index contributed by atoms with van der Waals surface area (Å²) >= 11 is 7.95. The number of thiophene rings is 1. The molecular formula is C16H21Cl3N2OS. The first-order valence-corrected chi connectivity index (χ1v) is 8.40. The number of aryl methyl sites for hydroxylation is 1. The Morgan fingerprint density at radius 1 is 1.26 bits per heavy atom. The molecule has 0 aliphatic carbocycles. The fourth-order valence-corrected chi connectivity index (χ4v) is 4.04. The van der Waals surface area contributed by atoms with Crippen molar-refractivity contribution in [3.8, 4) is 5.75 Å². The van der Waals surface area contributed by atoms with E-state index in [9.17, 15) is 5.11 Å². The third kappa shape index (κ3) is 4.53. The van der Waals surface area contributed by atoms with Gasteiger partial charge >= 0.3 is 0 Å². The highest BCUT2D eigenvalue weighted by Gasteiger charge is 2.27. The summed E-state index contributed by atoms with van der Waals surface area (Å²) < 4.78 is 0. The molecule has 0 bridgehead atoms. The molecule has 2 N–H and O–H groups in total. The molecule has 2 heterocycles. The van der Waals surface area contributed by atoms with Crippen LogP contribution in [0.5, 0.6) is 5.75 Å². The minimum Gasteiger partial charge on any atom is -0.507 e. The number of piperazine rings is 1. The lowest BCUT2D eigenvalue weighted by molar-refractivity contribution is 0.198. The number of hydrogen-bond donors (Lipinski definition) is 2. The highest BCUT2D eigenvalue weighted by molar-refractivity contribution is 7.10. The van der Waals surface area contributed by atoms with Gasteiger partial charge in [0.15, 0.2) is 0 Å². The lowest BCUT2D eigenvalue weighted by Crippen LogP contribution is -2.45. The molecule has 1 aromatic heterocycles. The Morgan fingerprint density at radius 3 is 2.57 bits per heavy atom. The van der Waals surface area contributed by atoms with Crippen molar-refractivity contribution in [2.45, 2.75) is 13.0 Å². The highest BCUT2D eigenvalue weighted by Crippen LogP contribution is 2.39. The third-order valence-corrected chi connectivity index (χ3v) is 5.06. The van der Waals surface area contributed by atoms with Gasteiger partial charge in [0.1, 0.15) is 5.75 Å². The van der Waals surface area contributed by atoms with Crippen molar-refractivity contribution < 1.29 is 5.11 Å². The second kappa shape index (κ2) is 9.11. The van der Waals surface area contributed by atoms with Crippen LogP contribution in [0.3, 0.4) is 0 Å². The van der Waals surface area contributed by atoms with Gasteiger partial charge in [-0.1, -0.05) is 17.7 Å². The summed E-state index contributed by atoms with van der Waals surface area (Å²) in [6, 6.07) is 7.97. The molecule has 1 aliphatic rings. The molecule has 3 rings (SSSR count). The van der Waals surface area contributed by atoms with Crippen LogP contribution in [-0.4, -0.2) is 36.2 Å². The van der Waals surface area contributed by atoms with Crippen molar-refractivity contribution in [2.75, 3.05) is 26.2 Å². The molecule has 23 heavy (non-hydrogen) atoms. The van der Waals surface area contributed by atoms with E-state index in [0.29, 0.717) is 10.8 Å². The van der Waals surface area contributed by atoms with Gasteiger partial charge in [0.05, 0.1) is 6.04 Å². The lowest BCUT2D eigenvalue weighted by atomic mass is 9.99. The molecule has 1 aliphatic heterocycles. The SMILES string of the molecule is Cc1cc(Cl)cc([C@@H](c2cccs2)N2CCNCC2)c1O.Cl.Cl. The fraction of sp³-hybridized carbons (Fsp3) is 0.375. The number of phenolic OH excluding ortho intramolecular Hbond substituents is 1. The van der Waals surface area contributed by atoms with Crippen LogP contribution in [0.25, 0.3) is 0 Å². The van der Waals surface area contributed by atoms with Crippen LogP contribution in [-0.2, 0) is 0 Å². The molecule has 2 aromatic rings. The number of nitrogens with one attached hydrogen (secondary N) is 1. The number of rotatable bonds is 3. The van der Waals surface area contributed by atoms with Gasteiger partial charge in [0.2, 0.25) is 0 Å². The fourth-order valence-electron chi connectivity index (χ4n) is 2.89. The Balaban J connectivity index is 0.00000132. The molecule has 7 heteroatoms. The van der Waals surface area contributed by atoms with Gasteiger partial charge in [-0.3, -0.25) is 4.90 Å². The minimum atomic E-state index is 0. The van der Waals surface area contributed by atoms with Crippen molar-refractivity contribution >= 4 is 47.8 Å². The number of hydrogen-bond acceptors (Lipinski definition) is 4. The van der Waals surface area contributed by atoms with Gasteiger partial charge in [-0.2, -0.15) is 0 Å². The molecule has 1 fully saturated rings. The van der Waals surface area contributed by atoms with E-state index < -0.39 is 0 Å². The van der Waals surface area contributed by atoms with Gasteiger partial charge in [-0.25, -0.2) is 0 Å². The van der Waals surface area contributed by atoms with Gasteiger partial charge in [0, 0.05) is 41.6 Å². The maximum absolute atomic E-state index is 10.5. The molecule has 0 unspecified atom stereocenters. The standard InChI is InChI=1S/C16H19ClN2OS.2ClH/c1-11-9-12(17)10-13(16(11)20)15(14-3-2-8-21-14)19-6-4-18-5-7-19;;/h2-3,8-10,15,18,20H,4-7H2,1H3;2*1H/t15-;;/m0../s1. The van der Waals surface area contributed by atoms with Crippen LogP contribution in [0.2, 0.25) is 5.02 Å². The van der Waals surface area contributed by atoms with E-state index in [1.807, 2.05) is 19.1 Å². The summed E-state index contributed by atoms with van der Waals surface area (Å²) in [6.07, 6.45) is 0. The first-order chi connectivity index (χ1) is 10.2. The number of halogens is 3. The van der Waals surface area contributed by atoms with Crippen LogP contribution in [0.4, 0.5) is 0 Å². The average molecular weight is 396 g/mol. The summed E-state index contributed by atoms with van der Waals surface area (Å²) in [4.78, 5) is 3.65. The number of phenols is 1. The van der Waals surface area contributed by atoms with Crippen LogP contribution in [0.15, 0.2) is 29.6 Å². The smallest absolute Gasteiger partial charge is 0.123 e. The summed E-state index contributed by atoms with van der Waals surface area (Å²) in [6.45, 7) is 5.78. The predicted molar refractivity (Wildman–Crippen MR) is 103 cm³/mol. The van der Waals surface area contributed by atoms with E-state index in [1.165, 1.54) is 4.88 Å². The maximum atomic E-state index is 10.5. The zero-order chi connectivity index (χ0) is 14.8. The molecule has 128 valence electrons. The Hall–Kier alpha value is -0.490. The lowest BCUT2D eigenvalue weighted by Gasteiger charge is -2.35. The molecule has 0 saturated carbocycles. The van der Waals surface area contributed by atoms with E-state index in [2.05, 4.69) is 27.7 Å². The van der Waals surface area contributed by atoms with Crippen molar-refractivity contribution in [1.29, 1.82) is 0 Å². The topological polar surface area (TPSA) is 35.5 Å². The van der Waals surface area contributed by atoms with E-state index >= 15 is 0 Å². The van der Waals surface area contributed by atoms with E-state index in [-0.39, 0.29) is 30.9 Å². The number of nitrogens with zero attached hydrogens (tertiary/aromatic N) is 1. The molecule has 1 aromatic carbocycles. The first kappa shape index (κ1) is 20.6. The summed E-state index contributed by atoms with van der Waals surface area (Å²) in [5.74, 6) is 0.358. The number of benzene rings is 1. The van der Waals surface area contributed by atoms with Gasteiger partial charge in [-0.15, -0.1) is 36.2 Å². The molecule has 1 atom stereocenters. The van der Waals surface area contributed by atoms with Crippen LogP contribution < -0.4 is 5.32 Å². The molecular weight excluding hydrogens is 375 g/mol. The third-order valence-electron chi connectivity index (χ3n) is 3.92. The molecule has 0 spiro atoms. The van der Waals surface area contributed by atoms with Crippen LogP contribution >= 0.6 is 47.8 Å². The monoisotopic (exact) mass is 394 g/mol. The first-order valence-electron chi connectivity index (χ1n) is 7.14. The zero-order valence-electron chi connectivity index (χ0n) is 12.8. The largest absolute Gasteiger partial charge is 0.507 e. The van der Waals surface area contributed by atoms with Crippen molar-refractivity contribution in [1.82, 2.24) is 10.2 Å². The van der Waals surface area contributed by atoms with Gasteiger partial charge < -0.3 is 10.4 Å². The van der Waals surface area contributed by atoms with E-state index in [0.717, 1.165) is 37.3 Å². The Bertz CT molecular complexity index is 616. The van der Waals surface area contributed by atoms with Crippen LogP contribution in [0, 0.1) is 6.92 Å². The van der Waals surface area contributed by atoms with Crippen molar-refractivity contribution in [3.05, 3.63) is 50.7 Å². The second-order valence-corrected chi connectivity index (χ2v) is 6.78. The van der Waals surface area contributed by atoms with Gasteiger partial charge in [-0.05, 0) is 36.1 Å². The summed E-state index contributed by atoms with van der Waals surface area (Å²) in [7, 11) is 0. The number of aromatic hydroxyl groups is 1.